The number of aromatic amines is 1. The Hall–Kier alpha value is -3.69. The van der Waals surface area contributed by atoms with Gasteiger partial charge in [-0.2, -0.15) is 0 Å². The van der Waals surface area contributed by atoms with E-state index in [1.54, 1.807) is 6.20 Å². The molecule has 35 heavy (non-hydrogen) atoms. The molecule has 0 unspecified atom stereocenters. The summed E-state index contributed by atoms with van der Waals surface area (Å²) in [6, 6.07) is 13.8. The Kier molecular flexibility index (Phi) is 6.78. The first-order valence-electron chi connectivity index (χ1n) is 11.5. The molecule has 0 radical (unpaired) electrons. The Labute approximate surface area is 206 Å². The molecule has 178 valence electrons. The van der Waals surface area contributed by atoms with Crippen molar-refractivity contribution in [3.63, 3.8) is 0 Å². The van der Waals surface area contributed by atoms with Crippen molar-refractivity contribution in [1.82, 2.24) is 20.2 Å². The first kappa shape index (κ1) is 23.1. The normalized spacial score (nSPS) is 13.0. The molecule has 9 heteroatoms. The molecule has 3 heterocycles. The minimum atomic E-state index is -0.304. The maximum Gasteiger partial charge on any atom is 0.251 e. The van der Waals surface area contributed by atoms with Crippen molar-refractivity contribution in [3.8, 4) is 11.3 Å². The van der Waals surface area contributed by atoms with Crippen LogP contribution >= 0.6 is 11.3 Å². The number of aromatic nitrogens is 4. The largest absolute Gasteiger partial charge is 0.364 e. The Morgan fingerprint density at radius 3 is 2.83 bits per heavy atom. The van der Waals surface area contributed by atoms with E-state index < -0.39 is 0 Å². The van der Waals surface area contributed by atoms with Crippen LogP contribution in [0.25, 0.3) is 11.3 Å². The van der Waals surface area contributed by atoms with Crippen LogP contribution in [0.5, 0.6) is 0 Å². The van der Waals surface area contributed by atoms with E-state index >= 15 is 0 Å². The highest BCUT2D eigenvalue weighted by Gasteiger charge is 2.26. The van der Waals surface area contributed by atoms with E-state index in [4.69, 9.17) is 4.74 Å². The molecule has 0 saturated heterocycles. The van der Waals surface area contributed by atoms with Crippen molar-refractivity contribution >= 4 is 28.8 Å². The lowest BCUT2D eigenvalue weighted by molar-refractivity contribution is -0.121. The van der Waals surface area contributed by atoms with Crippen LogP contribution in [-0.4, -0.2) is 38.5 Å². The molecule has 0 aliphatic heterocycles. The van der Waals surface area contributed by atoms with Crippen molar-refractivity contribution < 1.29 is 14.3 Å². The van der Waals surface area contributed by atoms with Gasteiger partial charge in [-0.05, 0) is 43.0 Å². The van der Waals surface area contributed by atoms with E-state index in [-0.39, 0.29) is 24.9 Å². The van der Waals surface area contributed by atoms with Gasteiger partial charge in [-0.25, -0.2) is 4.98 Å². The predicted octanol–water partition coefficient (Wildman–Crippen LogP) is 4.50. The highest BCUT2D eigenvalue weighted by molar-refractivity contribution is 7.11. The minimum absolute atomic E-state index is 0.116. The number of anilines is 1. The number of aryl methyl sites for hydroxylation is 2. The van der Waals surface area contributed by atoms with Gasteiger partial charge in [-0.1, -0.05) is 41.7 Å². The Morgan fingerprint density at radius 1 is 1.17 bits per heavy atom. The van der Waals surface area contributed by atoms with Gasteiger partial charge in [0, 0.05) is 35.9 Å². The lowest BCUT2D eigenvalue weighted by Gasteiger charge is -2.12. The number of carbonyl (C=O) groups is 2. The second kappa shape index (κ2) is 10.3. The number of nitrogens with one attached hydrogen (secondary N) is 2. The molecule has 1 aliphatic rings. The molecular formula is C26H25N5O3S. The first-order chi connectivity index (χ1) is 17.1. The molecule has 0 saturated carbocycles. The summed E-state index contributed by atoms with van der Waals surface area (Å²) in [6.07, 6.45) is 4.58. The number of carbonyl (C=O) groups excluding carboxylic acids is 2. The quantitative estimate of drug-likeness (QED) is 0.379. The zero-order chi connectivity index (χ0) is 24.2. The topological polar surface area (TPSA) is 110 Å². The molecular weight excluding hydrogens is 462 g/mol. The van der Waals surface area contributed by atoms with Gasteiger partial charge in [-0.15, -0.1) is 10.2 Å². The van der Waals surface area contributed by atoms with Crippen molar-refractivity contribution in [3.05, 3.63) is 81.1 Å². The number of hydrogen-bond acceptors (Lipinski definition) is 7. The van der Waals surface area contributed by atoms with Gasteiger partial charge in [0.1, 0.15) is 29.0 Å². The highest BCUT2D eigenvalue weighted by Crippen LogP contribution is 2.35. The van der Waals surface area contributed by atoms with Crippen LogP contribution in [-0.2, 0) is 29.0 Å². The Balaban J connectivity index is 1.35. The first-order valence-corrected chi connectivity index (χ1v) is 12.3. The average Bonchev–Trinajstić information content (AvgIpc) is 3.44. The summed E-state index contributed by atoms with van der Waals surface area (Å²) in [5.41, 5.74) is 5.71. The molecule has 4 aromatic rings. The lowest BCUT2D eigenvalue weighted by Crippen LogP contribution is -2.18. The summed E-state index contributed by atoms with van der Waals surface area (Å²) >= 11 is 1.44. The molecule has 1 aromatic carbocycles. The van der Waals surface area contributed by atoms with Crippen LogP contribution in [0.4, 0.5) is 5.82 Å². The van der Waals surface area contributed by atoms with E-state index in [0.717, 1.165) is 56.5 Å². The van der Waals surface area contributed by atoms with Gasteiger partial charge in [0.15, 0.2) is 5.78 Å². The number of H-pyrrole nitrogens is 1. The molecule has 1 aliphatic carbocycles. The third kappa shape index (κ3) is 5.36. The number of nitrogens with zero attached hydrogens (tertiary/aromatic N) is 3. The van der Waals surface area contributed by atoms with Gasteiger partial charge in [0.05, 0.1) is 5.69 Å². The highest BCUT2D eigenvalue weighted by atomic mass is 32.1. The van der Waals surface area contributed by atoms with Gasteiger partial charge in [0.25, 0.3) is 5.91 Å². The zero-order valence-corrected chi connectivity index (χ0v) is 20.2. The monoisotopic (exact) mass is 487 g/mol. The molecule has 2 N–H and O–H groups in total. The van der Waals surface area contributed by atoms with Crippen LogP contribution in [0, 0.1) is 6.92 Å². The number of fused-ring (bicyclic) bond motifs is 1. The third-order valence-electron chi connectivity index (χ3n) is 5.86. The number of amides is 1. The fraction of sp³-hybridized carbons (Fsp3) is 0.269. The molecule has 8 nitrogen and oxygen atoms in total. The molecule has 1 amide bonds. The van der Waals surface area contributed by atoms with Gasteiger partial charge >= 0.3 is 0 Å². The standard InChI is InChI=1S/C26H25N5O3S/c1-16-30-31-24(35-16)15-34-14-23(33)29-22-13-18(10-11-27-22)26-19(12-17-6-3-2-4-7-17)25-20(28-26)8-5-9-21(25)32/h2-4,6-7,10-11,13,28H,5,8-9,12,14-15H2,1H3,(H,27,29,33). The number of pyridine rings is 1. The van der Waals surface area contributed by atoms with E-state index in [2.05, 4.69) is 37.6 Å². The Morgan fingerprint density at radius 2 is 2.03 bits per heavy atom. The summed E-state index contributed by atoms with van der Waals surface area (Å²) in [6.45, 7) is 1.99. The Bertz CT molecular complexity index is 1360. The van der Waals surface area contributed by atoms with E-state index in [9.17, 15) is 9.59 Å². The third-order valence-corrected chi connectivity index (χ3v) is 6.67. The minimum Gasteiger partial charge on any atom is -0.364 e. The van der Waals surface area contributed by atoms with Crippen LogP contribution < -0.4 is 5.32 Å². The summed E-state index contributed by atoms with van der Waals surface area (Å²) in [7, 11) is 0. The summed E-state index contributed by atoms with van der Waals surface area (Å²) in [4.78, 5) is 33.1. The van der Waals surface area contributed by atoms with Gasteiger partial charge < -0.3 is 15.0 Å². The van der Waals surface area contributed by atoms with Crippen LogP contribution in [0.15, 0.2) is 48.7 Å². The van der Waals surface area contributed by atoms with Crippen molar-refractivity contribution in [2.45, 2.75) is 39.2 Å². The number of benzene rings is 1. The van der Waals surface area contributed by atoms with Crippen molar-refractivity contribution in [1.29, 1.82) is 0 Å². The van der Waals surface area contributed by atoms with Crippen LogP contribution in [0.1, 0.15) is 50.0 Å². The molecule has 0 atom stereocenters. The molecule has 0 fully saturated rings. The maximum atomic E-state index is 12.8. The SMILES string of the molecule is Cc1nnc(COCC(=O)Nc2cc(-c3[nH]c4c(c3Cc3ccccc3)C(=O)CCC4)ccn2)s1. The van der Waals surface area contributed by atoms with Crippen LogP contribution in [0.3, 0.4) is 0 Å². The summed E-state index contributed by atoms with van der Waals surface area (Å²) in [5.74, 6) is 0.304. The number of Topliss-reactive ketones (excluding diaryl/α,β-unsaturated/α-hetero) is 1. The summed E-state index contributed by atoms with van der Waals surface area (Å²) in [5, 5.41) is 12.3. The fourth-order valence-electron chi connectivity index (χ4n) is 4.35. The smallest absolute Gasteiger partial charge is 0.251 e. The zero-order valence-electron chi connectivity index (χ0n) is 19.3. The molecule has 5 rings (SSSR count). The molecule has 3 aromatic heterocycles. The lowest BCUT2D eigenvalue weighted by atomic mass is 9.90. The average molecular weight is 488 g/mol. The van der Waals surface area contributed by atoms with E-state index in [1.165, 1.54) is 11.3 Å². The fourth-order valence-corrected chi connectivity index (χ4v) is 5.00. The van der Waals surface area contributed by atoms with Gasteiger partial charge in [0.2, 0.25) is 0 Å². The predicted molar refractivity (Wildman–Crippen MR) is 133 cm³/mol. The maximum absolute atomic E-state index is 12.8. The van der Waals surface area contributed by atoms with Crippen molar-refractivity contribution in [2.24, 2.45) is 0 Å². The second-order valence-corrected chi connectivity index (χ2v) is 9.72. The number of rotatable bonds is 8. The molecule has 0 spiro atoms. The number of ether oxygens (including phenoxy) is 1. The van der Waals surface area contributed by atoms with Gasteiger partial charge in [-0.3, -0.25) is 9.59 Å². The summed E-state index contributed by atoms with van der Waals surface area (Å²) < 4.78 is 5.46. The van der Waals surface area contributed by atoms with Crippen LogP contribution in [0.2, 0.25) is 0 Å². The van der Waals surface area contributed by atoms with Crippen molar-refractivity contribution in [2.75, 3.05) is 11.9 Å². The van der Waals surface area contributed by atoms with E-state index in [1.807, 2.05) is 37.3 Å². The van der Waals surface area contributed by atoms with E-state index in [0.29, 0.717) is 18.7 Å². The number of hydrogen-bond donors (Lipinski definition) is 2. The molecule has 0 bridgehead atoms. The second-order valence-electron chi connectivity index (χ2n) is 8.46. The number of ketones is 1.